The number of Topliss-reactive ketones (excluding diaryl/α,β-unsaturated/α-hetero) is 1. The largest absolute Gasteiger partial charge is 0.292 e. The topological polar surface area (TPSA) is 42.9 Å². The van der Waals surface area contributed by atoms with Gasteiger partial charge in [0, 0.05) is 12.6 Å². The molecule has 18 heavy (non-hydrogen) atoms. The fraction of sp³-hybridized carbons (Fsp3) is 0.267. The Kier molecular flexibility index (Phi) is 2.67. The number of nitrogens with zero attached hydrogens (tertiary/aromatic N) is 2. The van der Waals surface area contributed by atoms with Gasteiger partial charge in [0.2, 0.25) is 0 Å². The number of hydrogen-bond donors (Lipinski definition) is 0. The van der Waals surface area contributed by atoms with Gasteiger partial charge in [-0.25, -0.2) is 4.98 Å². The van der Waals surface area contributed by atoms with Crippen LogP contribution in [0.2, 0.25) is 0 Å². The van der Waals surface area contributed by atoms with Gasteiger partial charge in [-0.15, -0.1) is 0 Å². The molecule has 2 aromatic rings. The maximum Gasteiger partial charge on any atom is 0.183 e. The van der Waals surface area contributed by atoms with E-state index in [9.17, 15) is 4.79 Å². The van der Waals surface area contributed by atoms with Gasteiger partial charge in [-0.2, -0.15) is 0 Å². The van der Waals surface area contributed by atoms with Gasteiger partial charge in [-0.3, -0.25) is 9.78 Å². The molecule has 1 atom stereocenters. The molecule has 1 aliphatic rings. The highest BCUT2D eigenvalue weighted by atomic mass is 16.1. The molecule has 0 amide bonds. The average molecular weight is 238 g/mol. The number of hydrogen-bond acceptors (Lipinski definition) is 3. The van der Waals surface area contributed by atoms with E-state index in [1.54, 1.807) is 12.4 Å². The van der Waals surface area contributed by atoms with Crippen LogP contribution in [0.15, 0.2) is 36.7 Å². The van der Waals surface area contributed by atoms with Crippen LogP contribution >= 0.6 is 0 Å². The van der Waals surface area contributed by atoms with Crippen molar-refractivity contribution in [3.05, 3.63) is 59.2 Å². The van der Waals surface area contributed by atoms with Crippen LogP contribution in [0.5, 0.6) is 0 Å². The van der Waals surface area contributed by atoms with Gasteiger partial charge in [0.1, 0.15) is 5.69 Å². The summed E-state index contributed by atoms with van der Waals surface area (Å²) < 4.78 is 0. The van der Waals surface area contributed by atoms with E-state index in [4.69, 9.17) is 0 Å². The van der Waals surface area contributed by atoms with Crippen LogP contribution in [0.1, 0.15) is 39.6 Å². The minimum atomic E-state index is 0.0852. The van der Waals surface area contributed by atoms with Crippen molar-refractivity contribution in [3.63, 3.8) is 0 Å². The summed E-state index contributed by atoms with van der Waals surface area (Å²) in [5, 5.41) is 0. The second-order valence-corrected chi connectivity index (χ2v) is 4.77. The summed E-state index contributed by atoms with van der Waals surface area (Å²) in [6.45, 7) is 1.86. The monoisotopic (exact) mass is 238 g/mol. The van der Waals surface area contributed by atoms with Crippen molar-refractivity contribution in [2.45, 2.75) is 25.7 Å². The molecule has 0 radical (unpaired) electrons. The highest BCUT2D eigenvalue weighted by molar-refractivity contribution is 5.94. The zero-order valence-corrected chi connectivity index (χ0v) is 10.3. The molecule has 1 heterocycles. The van der Waals surface area contributed by atoms with E-state index in [1.807, 2.05) is 19.1 Å². The van der Waals surface area contributed by atoms with Crippen molar-refractivity contribution in [2.75, 3.05) is 0 Å². The number of fused-ring (bicyclic) bond motifs is 1. The average Bonchev–Trinajstić information content (AvgIpc) is 2.36. The Balaban J connectivity index is 1.72. The molecule has 0 bridgehead atoms. The van der Waals surface area contributed by atoms with Gasteiger partial charge in [0.05, 0.1) is 11.9 Å². The van der Waals surface area contributed by atoms with Gasteiger partial charge in [0.15, 0.2) is 5.78 Å². The Morgan fingerprint density at radius 1 is 1.28 bits per heavy atom. The van der Waals surface area contributed by atoms with Gasteiger partial charge < -0.3 is 0 Å². The molecule has 0 N–H and O–H groups in total. The van der Waals surface area contributed by atoms with Crippen molar-refractivity contribution >= 4 is 5.78 Å². The Morgan fingerprint density at radius 2 is 2.11 bits per heavy atom. The first-order chi connectivity index (χ1) is 8.74. The number of carbonyl (C=O) groups is 1. The third kappa shape index (κ3) is 1.92. The normalized spacial score (nSPS) is 16.8. The first kappa shape index (κ1) is 11.1. The summed E-state index contributed by atoms with van der Waals surface area (Å²) in [7, 11) is 0. The van der Waals surface area contributed by atoms with E-state index < -0.39 is 0 Å². The molecule has 0 saturated heterocycles. The van der Waals surface area contributed by atoms with Gasteiger partial charge >= 0.3 is 0 Å². The summed E-state index contributed by atoms with van der Waals surface area (Å²) in [6, 6.07) is 8.31. The van der Waals surface area contributed by atoms with Crippen molar-refractivity contribution < 1.29 is 4.79 Å². The summed E-state index contributed by atoms with van der Waals surface area (Å²) in [4.78, 5) is 20.3. The molecule has 0 fully saturated rings. The predicted octanol–water partition coefficient (Wildman–Crippen LogP) is 2.70. The minimum absolute atomic E-state index is 0.0852. The SMILES string of the molecule is Cc1cnc(C(=O)CC2Cc3ccccc32)cn1. The van der Waals surface area contributed by atoms with Crippen LogP contribution in [0, 0.1) is 6.92 Å². The Labute approximate surface area is 106 Å². The zero-order chi connectivity index (χ0) is 12.5. The fourth-order valence-corrected chi connectivity index (χ4v) is 2.41. The Bertz CT molecular complexity index is 590. The lowest BCUT2D eigenvalue weighted by atomic mass is 9.75. The number of ketones is 1. The number of benzene rings is 1. The molecule has 0 spiro atoms. The molecular weight excluding hydrogens is 224 g/mol. The van der Waals surface area contributed by atoms with E-state index in [-0.39, 0.29) is 5.78 Å². The maximum atomic E-state index is 12.1. The van der Waals surface area contributed by atoms with Crippen molar-refractivity contribution in [1.29, 1.82) is 0 Å². The van der Waals surface area contributed by atoms with Crippen LogP contribution in [-0.4, -0.2) is 15.8 Å². The van der Waals surface area contributed by atoms with E-state index in [0.717, 1.165) is 12.1 Å². The molecular formula is C15H14N2O. The first-order valence-corrected chi connectivity index (χ1v) is 6.13. The third-order valence-corrected chi connectivity index (χ3v) is 3.46. The van der Waals surface area contributed by atoms with Gasteiger partial charge in [-0.1, -0.05) is 24.3 Å². The smallest absolute Gasteiger partial charge is 0.183 e. The van der Waals surface area contributed by atoms with Crippen LogP contribution in [0.3, 0.4) is 0 Å². The first-order valence-electron chi connectivity index (χ1n) is 6.13. The summed E-state index contributed by atoms with van der Waals surface area (Å²) in [5.74, 6) is 0.443. The van der Waals surface area contributed by atoms with Crippen LogP contribution < -0.4 is 0 Å². The van der Waals surface area contributed by atoms with Crippen LogP contribution in [0.25, 0.3) is 0 Å². The van der Waals surface area contributed by atoms with E-state index in [0.29, 0.717) is 18.0 Å². The Hall–Kier alpha value is -2.03. The fourth-order valence-electron chi connectivity index (χ4n) is 2.41. The lowest BCUT2D eigenvalue weighted by molar-refractivity contribution is 0.0965. The number of aryl methyl sites for hydroxylation is 1. The standard InChI is InChI=1S/C15H14N2O/c1-10-8-17-14(9-16-10)15(18)7-12-6-11-4-2-3-5-13(11)12/h2-5,8-9,12H,6-7H2,1H3. The predicted molar refractivity (Wildman–Crippen MR) is 68.6 cm³/mol. The highest BCUT2D eigenvalue weighted by Crippen LogP contribution is 2.37. The molecule has 3 nitrogen and oxygen atoms in total. The molecule has 1 aromatic carbocycles. The molecule has 3 rings (SSSR count). The summed E-state index contributed by atoms with van der Waals surface area (Å²) in [6.07, 6.45) is 4.75. The molecule has 3 heteroatoms. The second kappa shape index (κ2) is 4.33. The highest BCUT2D eigenvalue weighted by Gasteiger charge is 2.28. The molecule has 1 unspecified atom stereocenters. The quantitative estimate of drug-likeness (QED) is 0.772. The lowest BCUT2D eigenvalue weighted by Gasteiger charge is -2.29. The number of carbonyl (C=O) groups excluding carboxylic acids is 1. The summed E-state index contributed by atoms with van der Waals surface area (Å²) >= 11 is 0. The molecule has 1 aromatic heterocycles. The van der Waals surface area contributed by atoms with Crippen molar-refractivity contribution in [2.24, 2.45) is 0 Å². The second-order valence-electron chi connectivity index (χ2n) is 4.77. The minimum Gasteiger partial charge on any atom is -0.292 e. The molecule has 0 aliphatic heterocycles. The van der Waals surface area contributed by atoms with Gasteiger partial charge in [0.25, 0.3) is 0 Å². The molecule has 0 saturated carbocycles. The zero-order valence-electron chi connectivity index (χ0n) is 10.3. The Morgan fingerprint density at radius 3 is 2.83 bits per heavy atom. The number of rotatable bonds is 3. The molecule has 1 aliphatic carbocycles. The van der Waals surface area contributed by atoms with Crippen molar-refractivity contribution in [3.8, 4) is 0 Å². The van der Waals surface area contributed by atoms with Crippen LogP contribution in [0.4, 0.5) is 0 Å². The van der Waals surface area contributed by atoms with E-state index in [2.05, 4.69) is 22.1 Å². The van der Waals surface area contributed by atoms with Crippen molar-refractivity contribution in [1.82, 2.24) is 9.97 Å². The number of aromatic nitrogens is 2. The summed E-state index contributed by atoms with van der Waals surface area (Å²) in [5.41, 5.74) is 3.99. The maximum absolute atomic E-state index is 12.1. The van der Waals surface area contributed by atoms with E-state index in [1.165, 1.54) is 11.1 Å². The van der Waals surface area contributed by atoms with Crippen LogP contribution in [-0.2, 0) is 6.42 Å². The van der Waals surface area contributed by atoms with E-state index >= 15 is 0 Å². The lowest BCUT2D eigenvalue weighted by Crippen LogP contribution is -2.20. The van der Waals surface area contributed by atoms with Gasteiger partial charge in [-0.05, 0) is 30.4 Å². The molecule has 90 valence electrons. The third-order valence-electron chi connectivity index (χ3n) is 3.46.